The molecular formula is C19H29OTe+. The molecule has 2 aliphatic carbocycles. The monoisotopic (exact) mass is 403 g/mol. The molecule has 0 heterocycles. The molecule has 1 N–H and O–H groups in total. The van der Waals surface area contributed by atoms with Gasteiger partial charge in [0.1, 0.15) is 0 Å². The van der Waals surface area contributed by atoms with Crippen LogP contribution in [0.25, 0.3) is 0 Å². The van der Waals surface area contributed by atoms with Crippen LogP contribution in [0.5, 0.6) is 0 Å². The van der Waals surface area contributed by atoms with Gasteiger partial charge in [0.15, 0.2) is 0 Å². The van der Waals surface area contributed by atoms with Gasteiger partial charge in [-0.3, -0.25) is 0 Å². The quantitative estimate of drug-likeness (QED) is 0.723. The second-order valence-electron chi connectivity index (χ2n) is 7.54. The predicted octanol–water partition coefficient (Wildman–Crippen LogP) is 4.47. The Morgan fingerprint density at radius 2 is 1.95 bits per heavy atom. The summed E-state index contributed by atoms with van der Waals surface area (Å²) in [7, 11) is 0. The molecule has 2 bridgehead atoms. The third-order valence-electron chi connectivity index (χ3n) is 6.47. The van der Waals surface area contributed by atoms with Crippen LogP contribution in [0.15, 0.2) is 30.3 Å². The van der Waals surface area contributed by atoms with Crippen LogP contribution in [0.2, 0.25) is 8.94 Å². The van der Waals surface area contributed by atoms with E-state index in [1.54, 1.807) is 0 Å². The van der Waals surface area contributed by atoms with E-state index < -0.39 is 19.6 Å². The minimum absolute atomic E-state index is 0.0306. The van der Waals surface area contributed by atoms with Crippen molar-refractivity contribution in [3.8, 4) is 0 Å². The fourth-order valence-electron chi connectivity index (χ4n) is 4.81. The average Bonchev–Trinajstić information content (AvgIpc) is 2.82. The van der Waals surface area contributed by atoms with Crippen molar-refractivity contribution in [3.63, 3.8) is 0 Å². The van der Waals surface area contributed by atoms with Gasteiger partial charge >= 0.3 is 137 Å². The van der Waals surface area contributed by atoms with Crippen LogP contribution in [0, 0.1) is 16.7 Å². The first-order chi connectivity index (χ1) is 9.99. The van der Waals surface area contributed by atoms with Gasteiger partial charge in [0.25, 0.3) is 0 Å². The van der Waals surface area contributed by atoms with E-state index in [4.69, 9.17) is 0 Å². The molecular weight excluding hydrogens is 372 g/mol. The minimum atomic E-state index is -1.17. The van der Waals surface area contributed by atoms with Crippen molar-refractivity contribution in [2.75, 3.05) is 0 Å². The van der Waals surface area contributed by atoms with E-state index in [2.05, 4.69) is 51.1 Å². The fraction of sp³-hybridized carbons (Fsp3) is 0.684. The molecule has 0 radical (unpaired) electrons. The Morgan fingerprint density at radius 3 is 2.48 bits per heavy atom. The molecule has 21 heavy (non-hydrogen) atoms. The second kappa shape index (κ2) is 5.88. The van der Waals surface area contributed by atoms with Crippen molar-refractivity contribution in [2.24, 2.45) is 16.7 Å². The van der Waals surface area contributed by atoms with Gasteiger partial charge in [-0.15, -0.1) is 0 Å². The van der Waals surface area contributed by atoms with Gasteiger partial charge in [0.2, 0.25) is 0 Å². The molecule has 1 aromatic rings. The Labute approximate surface area is 136 Å². The zero-order chi connectivity index (χ0) is 15.1. The third kappa shape index (κ3) is 2.58. The standard InChI is InChI=1S/C19H29OTe/c1-4-21(13-15-8-6-5-7-9-15)14-19-11-10-16(12-17(19)20)18(19,2)3/h5-9,16-17,20H,4,10-14H2,1-3H3/q+1/t16-,17-,19-/m1/s1. The van der Waals surface area contributed by atoms with Crippen molar-refractivity contribution >= 4 is 19.6 Å². The SMILES string of the molecule is CC[Te+](Cc1ccccc1)C[C@]12CC[C@H](C[C@H]1O)C2(C)C. The number of fused-ring (bicyclic) bond motifs is 2. The summed E-state index contributed by atoms with van der Waals surface area (Å²) in [6.07, 6.45) is 3.66. The van der Waals surface area contributed by atoms with Crippen LogP contribution in [0.3, 0.4) is 0 Å². The summed E-state index contributed by atoms with van der Waals surface area (Å²) < 4.78 is 4.08. The van der Waals surface area contributed by atoms with Crippen LogP contribution in [-0.2, 0) is 4.47 Å². The summed E-state index contributed by atoms with van der Waals surface area (Å²) in [5.74, 6) is 0.765. The Hall–Kier alpha value is -0.0304. The van der Waals surface area contributed by atoms with E-state index in [-0.39, 0.29) is 11.5 Å². The maximum absolute atomic E-state index is 10.7. The first-order valence-corrected chi connectivity index (χ1v) is 13.3. The van der Waals surface area contributed by atoms with Crippen LogP contribution in [0.1, 0.15) is 45.6 Å². The fourth-order valence-corrected chi connectivity index (χ4v) is 12.3. The van der Waals surface area contributed by atoms with Crippen LogP contribution >= 0.6 is 0 Å². The molecule has 3 rings (SSSR count). The van der Waals surface area contributed by atoms with E-state index in [9.17, 15) is 5.11 Å². The third-order valence-corrected chi connectivity index (χ3v) is 13.6. The average molecular weight is 401 g/mol. The van der Waals surface area contributed by atoms with E-state index in [1.165, 1.54) is 31.8 Å². The molecule has 0 aromatic heterocycles. The second-order valence-corrected chi connectivity index (χ2v) is 14.3. The van der Waals surface area contributed by atoms with Gasteiger partial charge in [-0.05, 0) is 0 Å². The van der Waals surface area contributed by atoms with Gasteiger partial charge in [-0.2, -0.15) is 0 Å². The first-order valence-electron chi connectivity index (χ1n) is 8.35. The Kier molecular flexibility index (Phi) is 4.44. The molecule has 0 saturated heterocycles. The van der Waals surface area contributed by atoms with Gasteiger partial charge in [-0.25, -0.2) is 0 Å². The summed E-state index contributed by atoms with van der Waals surface area (Å²) in [5, 5.41) is 10.7. The van der Waals surface area contributed by atoms with Crippen molar-refractivity contribution in [1.82, 2.24) is 0 Å². The summed E-state index contributed by atoms with van der Waals surface area (Å²) in [6.45, 7) is 7.27. The Balaban J connectivity index is 1.77. The zero-order valence-electron chi connectivity index (χ0n) is 13.6. The molecule has 2 fully saturated rings. The van der Waals surface area contributed by atoms with Crippen LogP contribution in [0.4, 0.5) is 0 Å². The van der Waals surface area contributed by atoms with E-state index in [0.29, 0.717) is 5.41 Å². The predicted molar refractivity (Wildman–Crippen MR) is 90.7 cm³/mol. The Bertz CT molecular complexity index is 484. The summed E-state index contributed by atoms with van der Waals surface area (Å²) in [6, 6.07) is 11.0. The maximum atomic E-state index is 10.7. The molecule has 0 amide bonds. The van der Waals surface area contributed by atoms with Crippen LogP contribution in [-0.4, -0.2) is 30.8 Å². The number of hydrogen-bond acceptors (Lipinski definition) is 1. The van der Waals surface area contributed by atoms with Crippen molar-refractivity contribution < 1.29 is 5.11 Å². The van der Waals surface area contributed by atoms with Crippen molar-refractivity contribution in [3.05, 3.63) is 35.9 Å². The molecule has 0 spiro atoms. The van der Waals surface area contributed by atoms with Gasteiger partial charge in [0, 0.05) is 0 Å². The molecule has 1 nitrogen and oxygen atoms in total. The van der Waals surface area contributed by atoms with E-state index in [0.717, 1.165) is 12.3 Å². The van der Waals surface area contributed by atoms with Gasteiger partial charge in [0.05, 0.1) is 0 Å². The molecule has 2 saturated carbocycles. The number of hydrogen-bond donors (Lipinski definition) is 1. The number of benzene rings is 1. The van der Waals surface area contributed by atoms with Gasteiger partial charge in [-0.1, -0.05) is 0 Å². The summed E-state index contributed by atoms with van der Waals surface area (Å²) >= 11 is -1.17. The molecule has 116 valence electrons. The molecule has 0 aliphatic heterocycles. The summed E-state index contributed by atoms with van der Waals surface area (Å²) in [4.78, 5) is 0. The molecule has 0 unspecified atom stereocenters. The summed E-state index contributed by atoms with van der Waals surface area (Å²) in [5.41, 5.74) is 2.13. The topological polar surface area (TPSA) is 20.2 Å². The van der Waals surface area contributed by atoms with Crippen molar-refractivity contribution in [2.45, 2.75) is 59.5 Å². The number of aliphatic hydroxyl groups is 1. The molecule has 1 aromatic carbocycles. The Morgan fingerprint density at radius 1 is 1.24 bits per heavy atom. The first kappa shape index (κ1) is 15.8. The van der Waals surface area contributed by atoms with E-state index in [1.807, 2.05) is 0 Å². The molecule has 2 heteroatoms. The normalized spacial score (nSPS) is 33.8. The van der Waals surface area contributed by atoms with E-state index >= 15 is 0 Å². The molecule has 2 aliphatic rings. The number of rotatable bonds is 5. The van der Waals surface area contributed by atoms with Crippen LogP contribution < -0.4 is 0 Å². The molecule has 3 atom stereocenters. The van der Waals surface area contributed by atoms with Crippen molar-refractivity contribution in [1.29, 1.82) is 0 Å². The number of aliphatic hydroxyl groups excluding tert-OH is 1. The van der Waals surface area contributed by atoms with Gasteiger partial charge < -0.3 is 0 Å². The zero-order valence-corrected chi connectivity index (χ0v) is 16.0.